The van der Waals surface area contributed by atoms with Crippen molar-refractivity contribution < 1.29 is 0 Å². The first-order valence-electron chi connectivity index (χ1n) is 4.78. The number of rotatable bonds is 3. The average Bonchev–Trinajstić information content (AvgIpc) is 2.49. The number of hydrogen-bond donors (Lipinski definition) is 1. The Kier molecular flexibility index (Phi) is 3.32. The van der Waals surface area contributed by atoms with Crippen molar-refractivity contribution in [2.75, 3.05) is 0 Å². The fourth-order valence-electron chi connectivity index (χ4n) is 1.14. The number of nitrogens with one attached hydrogen (secondary N) is 1. The van der Waals surface area contributed by atoms with Gasteiger partial charge in [0.15, 0.2) is 0 Å². The third-order valence-electron chi connectivity index (χ3n) is 1.89. The van der Waals surface area contributed by atoms with E-state index in [1.807, 2.05) is 23.0 Å². The zero-order chi connectivity index (χ0) is 10.6. The molecule has 0 amide bonds. The van der Waals surface area contributed by atoms with E-state index in [4.69, 9.17) is 5.26 Å². The van der Waals surface area contributed by atoms with Crippen LogP contribution in [-0.4, -0.2) is 10.1 Å². The first kappa shape index (κ1) is 10.8. The second kappa shape index (κ2) is 4.30. The Morgan fingerprint density at radius 1 is 1.50 bits per heavy atom. The molecular formula is C11H17N3. The van der Waals surface area contributed by atoms with Crippen molar-refractivity contribution in [1.29, 1.82) is 5.26 Å². The molecule has 76 valence electrons. The largest absolute Gasteiger partial charge is 0.340 e. The van der Waals surface area contributed by atoms with Crippen LogP contribution in [0, 0.1) is 11.3 Å². The molecule has 1 aromatic heterocycles. The lowest BCUT2D eigenvalue weighted by molar-refractivity contribution is 0.424. The third-order valence-corrected chi connectivity index (χ3v) is 1.89. The molecule has 0 fully saturated rings. The van der Waals surface area contributed by atoms with Crippen molar-refractivity contribution in [2.24, 2.45) is 0 Å². The number of nitrogens with zero attached hydrogens (tertiary/aromatic N) is 2. The SMILES string of the molecule is CC(C)(C)NCc1ccn(CC#N)c1. The van der Waals surface area contributed by atoms with E-state index >= 15 is 0 Å². The van der Waals surface area contributed by atoms with Crippen LogP contribution in [0.5, 0.6) is 0 Å². The molecule has 1 rings (SSSR count). The predicted octanol–water partition coefficient (Wildman–Crippen LogP) is 1.90. The van der Waals surface area contributed by atoms with E-state index < -0.39 is 0 Å². The monoisotopic (exact) mass is 191 g/mol. The number of nitriles is 1. The van der Waals surface area contributed by atoms with Gasteiger partial charge in [-0.05, 0) is 32.4 Å². The van der Waals surface area contributed by atoms with Crippen LogP contribution in [-0.2, 0) is 13.1 Å². The minimum atomic E-state index is 0.136. The summed E-state index contributed by atoms with van der Waals surface area (Å²) in [7, 11) is 0. The molecular weight excluding hydrogens is 174 g/mol. The Balaban J connectivity index is 2.49. The van der Waals surface area contributed by atoms with E-state index in [9.17, 15) is 0 Å². The van der Waals surface area contributed by atoms with Crippen LogP contribution in [0.2, 0.25) is 0 Å². The maximum absolute atomic E-state index is 8.50. The lowest BCUT2D eigenvalue weighted by Gasteiger charge is -2.19. The molecule has 0 aromatic carbocycles. The van der Waals surface area contributed by atoms with E-state index in [-0.39, 0.29) is 5.54 Å². The van der Waals surface area contributed by atoms with Crippen LogP contribution < -0.4 is 5.32 Å². The molecule has 0 spiro atoms. The molecule has 0 aliphatic heterocycles. The van der Waals surface area contributed by atoms with Crippen molar-refractivity contribution in [3.63, 3.8) is 0 Å². The van der Waals surface area contributed by atoms with E-state index in [1.54, 1.807) is 0 Å². The van der Waals surface area contributed by atoms with E-state index in [1.165, 1.54) is 5.56 Å². The van der Waals surface area contributed by atoms with Gasteiger partial charge in [0.05, 0.1) is 6.07 Å². The summed E-state index contributed by atoms with van der Waals surface area (Å²) in [5, 5.41) is 11.9. The van der Waals surface area contributed by atoms with Gasteiger partial charge in [-0.2, -0.15) is 5.26 Å². The van der Waals surface area contributed by atoms with Crippen LogP contribution in [0.1, 0.15) is 26.3 Å². The zero-order valence-electron chi connectivity index (χ0n) is 9.04. The molecule has 1 N–H and O–H groups in total. The number of aromatic nitrogens is 1. The van der Waals surface area contributed by atoms with Gasteiger partial charge in [0.25, 0.3) is 0 Å². The molecule has 0 bridgehead atoms. The second-order valence-electron chi connectivity index (χ2n) is 4.45. The van der Waals surface area contributed by atoms with Gasteiger partial charge in [-0.3, -0.25) is 0 Å². The minimum absolute atomic E-state index is 0.136. The molecule has 1 aromatic rings. The van der Waals surface area contributed by atoms with Gasteiger partial charge >= 0.3 is 0 Å². The molecule has 1 heterocycles. The zero-order valence-corrected chi connectivity index (χ0v) is 9.04. The van der Waals surface area contributed by atoms with Gasteiger partial charge in [0, 0.05) is 24.5 Å². The Hall–Kier alpha value is -1.27. The fraction of sp³-hybridized carbons (Fsp3) is 0.545. The van der Waals surface area contributed by atoms with Crippen LogP contribution in [0.25, 0.3) is 0 Å². The first-order valence-corrected chi connectivity index (χ1v) is 4.78. The molecule has 3 heteroatoms. The van der Waals surface area contributed by atoms with Crippen LogP contribution in [0.15, 0.2) is 18.5 Å². The first-order chi connectivity index (χ1) is 6.51. The Bertz CT molecular complexity index is 325. The smallest absolute Gasteiger partial charge is 0.109 e. The highest BCUT2D eigenvalue weighted by atomic mass is 15.0. The number of hydrogen-bond acceptors (Lipinski definition) is 2. The maximum Gasteiger partial charge on any atom is 0.109 e. The lowest BCUT2D eigenvalue weighted by Crippen LogP contribution is -2.34. The van der Waals surface area contributed by atoms with Crippen molar-refractivity contribution in [3.8, 4) is 6.07 Å². The molecule has 0 saturated heterocycles. The molecule has 0 atom stereocenters. The van der Waals surface area contributed by atoms with Gasteiger partial charge < -0.3 is 9.88 Å². The van der Waals surface area contributed by atoms with Gasteiger partial charge in [-0.15, -0.1) is 0 Å². The molecule has 14 heavy (non-hydrogen) atoms. The summed E-state index contributed by atoms with van der Waals surface area (Å²) < 4.78 is 1.89. The van der Waals surface area contributed by atoms with Crippen molar-refractivity contribution >= 4 is 0 Å². The highest BCUT2D eigenvalue weighted by molar-refractivity contribution is 5.11. The van der Waals surface area contributed by atoms with Crippen LogP contribution >= 0.6 is 0 Å². The maximum atomic E-state index is 8.50. The van der Waals surface area contributed by atoms with Gasteiger partial charge in [-0.25, -0.2) is 0 Å². The van der Waals surface area contributed by atoms with E-state index in [0.29, 0.717) is 6.54 Å². The minimum Gasteiger partial charge on any atom is -0.340 e. The average molecular weight is 191 g/mol. The van der Waals surface area contributed by atoms with Crippen LogP contribution in [0.4, 0.5) is 0 Å². The quantitative estimate of drug-likeness (QED) is 0.792. The summed E-state index contributed by atoms with van der Waals surface area (Å²) in [6.07, 6.45) is 3.94. The predicted molar refractivity (Wildman–Crippen MR) is 56.6 cm³/mol. The molecule has 0 aliphatic carbocycles. The molecule has 3 nitrogen and oxygen atoms in total. The van der Waals surface area contributed by atoms with Crippen molar-refractivity contribution in [1.82, 2.24) is 9.88 Å². The summed E-state index contributed by atoms with van der Waals surface area (Å²) in [5.41, 5.74) is 1.35. The Morgan fingerprint density at radius 3 is 2.79 bits per heavy atom. The van der Waals surface area contributed by atoms with Gasteiger partial charge in [0.1, 0.15) is 6.54 Å². The van der Waals surface area contributed by atoms with Gasteiger partial charge in [-0.1, -0.05) is 0 Å². The fourth-order valence-corrected chi connectivity index (χ4v) is 1.14. The molecule has 0 aliphatic rings. The normalized spacial score (nSPS) is 11.3. The summed E-state index contributed by atoms with van der Waals surface area (Å²) in [6, 6.07) is 4.15. The topological polar surface area (TPSA) is 40.8 Å². The van der Waals surface area contributed by atoms with E-state index in [2.05, 4.69) is 32.2 Å². The summed E-state index contributed by atoms with van der Waals surface area (Å²) in [5.74, 6) is 0. The summed E-state index contributed by atoms with van der Waals surface area (Å²) in [6.45, 7) is 7.69. The summed E-state index contributed by atoms with van der Waals surface area (Å²) in [4.78, 5) is 0. The molecule has 0 radical (unpaired) electrons. The van der Waals surface area contributed by atoms with E-state index in [0.717, 1.165) is 6.54 Å². The highest BCUT2D eigenvalue weighted by Gasteiger charge is 2.08. The van der Waals surface area contributed by atoms with Gasteiger partial charge in [0.2, 0.25) is 0 Å². The third kappa shape index (κ3) is 3.63. The standard InChI is InChI=1S/C11H17N3/c1-11(2,3)13-8-10-4-6-14(9-10)7-5-12/h4,6,9,13H,7-8H2,1-3H3. The Morgan fingerprint density at radius 2 is 2.21 bits per heavy atom. The second-order valence-corrected chi connectivity index (χ2v) is 4.45. The van der Waals surface area contributed by atoms with Crippen molar-refractivity contribution in [2.45, 2.75) is 39.4 Å². The molecule has 0 unspecified atom stereocenters. The highest BCUT2D eigenvalue weighted by Crippen LogP contribution is 2.05. The summed E-state index contributed by atoms with van der Waals surface area (Å²) >= 11 is 0. The Labute approximate surface area is 85.3 Å². The lowest BCUT2D eigenvalue weighted by atomic mass is 10.1. The molecule has 0 saturated carbocycles. The van der Waals surface area contributed by atoms with Crippen molar-refractivity contribution in [3.05, 3.63) is 24.0 Å². The van der Waals surface area contributed by atoms with Crippen LogP contribution in [0.3, 0.4) is 0 Å².